The minimum Gasteiger partial charge on any atom is -0.309 e. The Balaban J connectivity index is 4.23. The Bertz CT molecular complexity index is 172. The highest BCUT2D eigenvalue weighted by Crippen LogP contribution is 2.54. The Hall–Kier alpha value is 0.150. The molecule has 0 aliphatic heterocycles. The molecule has 0 radical (unpaired) electrons. The predicted molar refractivity (Wildman–Crippen MR) is 59.8 cm³/mol. The summed E-state index contributed by atoms with van der Waals surface area (Å²) in [5.74, 6) is 0. The second-order valence-electron chi connectivity index (χ2n) is 3.37. The van der Waals surface area contributed by atoms with Gasteiger partial charge in [-0.25, -0.2) is 0 Å². The molecule has 0 fully saturated rings. The van der Waals surface area contributed by atoms with Gasteiger partial charge < -0.3 is 9.05 Å². The van der Waals surface area contributed by atoms with Crippen molar-refractivity contribution in [2.75, 3.05) is 13.2 Å². The van der Waals surface area contributed by atoms with Crippen LogP contribution in [0.15, 0.2) is 0 Å². The van der Waals surface area contributed by atoms with E-state index in [9.17, 15) is 4.57 Å². The van der Waals surface area contributed by atoms with E-state index in [1.807, 2.05) is 20.8 Å². The van der Waals surface area contributed by atoms with Gasteiger partial charge in [-0.05, 0) is 20.3 Å². The fraction of sp³-hybridized carbons (Fsp3) is 1.00. The van der Waals surface area contributed by atoms with E-state index < -0.39 is 7.60 Å². The van der Waals surface area contributed by atoms with Crippen molar-refractivity contribution >= 4 is 7.60 Å². The molecule has 0 aromatic carbocycles. The summed E-state index contributed by atoms with van der Waals surface area (Å²) in [4.78, 5) is 0. The Morgan fingerprint density at radius 1 is 1.14 bits per heavy atom. The fourth-order valence-electron chi connectivity index (χ4n) is 1.31. The Labute approximate surface area is 87.7 Å². The molecule has 0 aromatic heterocycles. The summed E-state index contributed by atoms with van der Waals surface area (Å²) in [6, 6.07) is 0. The summed E-state index contributed by atoms with van der Waals surface area (Å²) in [6.45, 7) is 8.67. The molecule has 0 aromatic rings. The Morgan fingerprint density at radius 3 is 2.00 bits per heavy atom. The van der Waals surface area contributed by atoms with Crippen LogP contribution in [0.2, 0.25) is 0 Å². The lowest BCUT2D eigenvalue weighted by molar-refractivity contribution is 0.211. The first-order chi connectivity index (χ1) is 6.60. The highest BCUT2D eigenvalue weighted by Gasteiger charge is 2.30. The Kier molecular flexibility index (Phi) is 7.52. The third kappa shape index (κ3) is 4.59. The molecule has 0 saturated heterocycles. The topological polar surface area (TPSA) is 35.5 Å². The maximum atomic E-state index is 12.2. The van der Waals surface area contributed by atoms with Crippen LogP contribution in [0.25, 0.3) is 0 Å². The summed E-state index contributed by atoms with van der Waals surface area (Å²) in [5, 5.41) is 0. The van der Waals surface area contributed by atoms with E-state index in [1.165, 1.54) is 0 Å². The van der Waals surface area contributed by atoms with Crippen molar-refractivity contribution in [2.45, 2.75) is 52.6 Å². The van der Waals surface area contributed by atoms with Crippen LogP contribution < -0.4 is 0 Å². The maximum Gasteiger partial charge on any atom is 0.333 e. The third-order valence-corrected chi connectivity index (χ3v) is 4.71. The molecule has 0 spiro atoms. The molecular weight excluding hydrogens is 199 g/mol. The van der Waals surface area contributed by atoms with Crippen LogP contribution in [-0.2, 0) is 13.6 Å². The lowest BCUT2D eigenvalue weighted by Gasteiger charge is -2.23. The van der Waals surface area contributed by atoms with Gasteiger partial charge in [-0.15, -0.1) is 0 Å². The first kappa shape index (κ1) is 14.2. The van der Waals surface area contributed by atoms with Crippen LogP contribution in [-0.4, -0.2) is 18.9 Å². The van der Waals surface area contributed by atoms with E-state index in [0.717, 1.165) is 19.3 Å². The van der Waals surface area contributed by atoms with Gasteiger partial charge in [0.15, 0.2) is 0 Å². The standard InChI is InChI=1S/C10H23O3P/c1-5-8-9-10(4)14(11,12-6-2)13-7-3/h10H,5-9H2,1-4H3. The van der Waals surface area contributed by atoms with E-state index in [-0.39, 0.29) is 5.66 Å². The van der Waals surface area contributed by atoms with Crippen molar-refractivity contribution in [1.82, 2.24) is 0 Å². The summed E-state index contributed by atoms with van der Waals surface area (Å²) < 4.78 is 22.7. The van der Waals surface area contributed by atoms with Gasteiger partial charge >= 0.3 is 7.60 Å². The normalized spacial score (nSPS) is 14.3. The molecule has 0 saturated carbocycles. The van der Waals surface area contributed by atoms with E-state index in [4.69, 9.17) is 9.05 Å². The van der Waals surface area contributed by atoms with Crippen molar-refractivity contribution in [2.24, 2.45) is 0 Å². The first-order valence-corrected chi connectivity index (χ1v) is 7.10. The van der Waals surface area contributed by atoms with E-state index in [2.05, 4.69) is 6.92 Å². The van der Waals surface area contributed by atoms with Gasteiger partial charge in [-0.1, -0.05) is 26.7 Å². The van der Waals surface area contributed by atoms with Crippen LogP contribution in [0.1, 0.15) is 47.0 Å². The molecule has 0 bridgehead atoms. The molecule has 14 heavy (non-hydrogen) atoms. The summed E-state index contributed by atoms with van der Waals surface area (Å²) in [5.41, 5.74) is 0.0161. The minimum absolute atomic E-state index is 0.0161. The molecular formula is C10H23O3P. The number of unbranched alkanes of at least 4 members (excludes halogenated alkanes) is 1. The lowest BCUT2D eigenvalue weighted by Crippen LogP contribution is -2.09. The average molecular weight is 222 g/mol. The SMILES string of the molecule is CCCCC(C)P(=O)(OCC)OCC. The lowest BCUT2D eigenvalue weighted by atomic mass is 10.2. The van der Waals surface area contributed by atoms with Crippen molar-refractivity contribution in [3.05, 3.63) is 0 Å². The molecule has 1 atom stereocenters. The van der Waals surface area contributed by atoms with Gasteiger partial charge in [-0.2, -0.15) is 0 Å². The largest absolute Gasteiger partial charge is 0.333 e. The smallest absolute Gasteiger partial charge is 0.309 e. The second-order valence-corrected chi connectivity index (χ2v) is 5.84. The third-order valence-electron chi connectivity index (χ3n) is 2.13. The van der Waals surface area contributed by atoms with E-state index >= 15 is 0 Å². The van der Waals surface area contributed by atoms with Gasteiger partial charge in [0.1, 0.15) is 0 Å². The molecule has 0 rings (SSSR count). The predicted octanol–water partition coefficient (Wildman–Crippen LogP) is 3.83. The molecule has 0 heterocycles. The summed E-state index contributed by atoms with van der Waals surface area (Å²) in [6.07, 6.45) is 3.10. The molecule has 0 aliphatic carbocycles. The van der Waals surface area contributed by atoms with Gasteiger partial charge in [0.05, 0.1) is 18.9 Å². The highest BCUT2D eigenvalue weighted by molar-refractivity contribution is 7.54. The van der Waals surface area contributed by atoms with Crippen LogP contribution in [0.5, 0.6) is 0 Å². The van der Waals surface area contributed by atoms with Crippen LogP contribution in [0.4, 0.5) is 0 Å². The van der Waals surface area contributed by atoms with Crippen molar-refractivity contribution in [3.63, 3.8) is 0 Å². The van der Waals surface area contributed by atoms with Crippen molar-refractivity contribution < 1.29 is 13.6 Å². The first-order valence-electron chi connectivity index (χ1n) is 5.49. The van der Waals surface area contributed by atoms with E-state index in [1.54, 1.807) is 0 Å². The molecule has 0 aliphatic rings. The van der Waals surface area contributed by atoms with Crippen molar-refractivity contribution in [3.8, 4) is 0 Å². The number of hydrogen-bond acceptors (Lipinski definition) is 3. The zero-order valence-electron chi connectivity index (χ0n) is 9.78. The van der Waals surface area contributed by atoms with Gasteiger partial charge in [0.2, 0.25) is 0 Å². The van der Waals surface area contributed by atoms with Crippen molar-refractivity contribution in [1.29, 1.82) is 0 Å². The summed E-state index contributed by atoms with van der Waals surface area (Å²) in [7, 11) is -2.84. The van der Waals surface area contributed by atoms with Crippen LogP contribution in [0.3, 0.4) is 0 Å². The summed E-state index contributed by atoms with van der Waals surface area (Å²) >= 11 is 0. The quantitative estimate of drug-likeness (QED) is 0.585. The van der Waals surface area contributed by atoms with Gasteiger partial charge in [0, 0.05) is 0 Å². The monoisotopic (exact) mass is 222 g/mol. The van der Waals surface area contributed by atoms with Gasteiger partial charge in [-0.3, -0.25) is 4.57 Å². The molecule has 3 nitrogen and oxygen atoms in total. The number of rotatable bonds is 8. The molecule has 0 amide bonds. The molecule has 86 valence electrons. The zero-order valence-corrected chi connectivity index (χ0v) is 10.7. The molecule has 1 unspecified atom stereocenters. The zero-order chi connectivity index (χ0) is 11.0. The minimum atomic E-state index is -2.84. The number of hydrogen-bond donors (Lipinski definition) is 0. The fourth-order valence-corrected chi connectivity index (χ4v) is 3.11. The highest BCUT2D eigenvalue weighted by atomic mass is 31.2. The molecule has 0 N–H and O–H groups in total. The Morgan fingerprint density at radius 2 is 1.64 bits per heavy atom. The maximum absolute atomic E-state index is 12.2. The van der Waals surface area contributed by atoms with Crippen LogP contribution >= 0.6 is 7.60 Å². The van der Waals surface area contributed by atoms with Gasteiger partial charge in [0.25, 0.3) is 0 Å². The molecule has 4 heteroatoms. The average Bonchev–Trinajstić information content (AvgIpc) is 2.15. The van der Waals surface area contributed by atoms with Crippen LogP contribution in [0, 0.1) is 0 Å². The second kappa shape index (κ2) is 7.44. The van der Waals surface area contributed by atoms with E-state index in [0.29, 0.717) is 13.2 Å².